The highest BCUT2D eigenvalue weighted by Crippen LogP contribution is 2.41. The normalized spacial score (nSPS) is 29.0. The lowest BCUT2D eigenvalue weighted by Gasteiger charge is -2.44. The Labute approximate surface area is 148 Å². The van der Waals surface area contributed by atoms with E-state index in [0.717, 1.165) is 77.2 Å². The lowest BCUT2D eigenvalue weighted by atomic mass is 9.77. The summed E-state index contributed by atoms with van der Waals surface area (Å²) in [5, 5.41) is 3.97. The zero-order valence-electron chi connectivity index (χ0n) is 15.1. The minimum atomic E-state index is -0.204. The Kier molecular flexibility index (Phi) is 4.78. The van der Waals surface area contributed by atoms with Crippen LogP contribution in [0.25, 0.3) is 0 Å². The highest BCUT2D eigenvalue weighted by Gasteiger charge is 2.49. The van der Waals surface area contributed by atoms with Gasteiger partial charge in [-0.15, -0.1) is 0 Å². The number of nitrogens with zero attached hydrogens (tertiary/aromatic N) is 4. The van der Waals surface area contributed by atoms with Crippen LogP contribution in [0.4, 0.5) is 0 Å². The molecule has 1 aromatic heterocycles. The SMILES string of the molecule is CCc1noc(CN2CCC3(CCCN(C4CCOCC4)C3=O)C2)n1. The molecular weight excluding hydrogens is 320 g/mol. The summed E-state index contributed by atoms with van der Waals surface area (Å²) in [6, 6.07) is 0.371. The lowest BCUT2D eigenvalue weighted by Crippen LogP contribution is -2.54. The summed E-state index contributed by atoms with van der Waals surface area (Å²) >= 11 is 0. The predicted octanol–water partition coefficient (Wildman–Crippen LogP) is 1.63. The van der Waals surface area contributed by atoms with Crippen molar-refractivity contribution in [2.24, 2.45) is 5.41 Å². The van der Waals surface area contributed by atoms with Gasteiger partial charge >= 0.3 is 0 Å². The fourth-order valence-electron chi connectivity index (χ4n) is 4.61. The van der Waals surface area contributed by atoms with Crippen LogP contribution in [0.15, 0.2) is 4.52 Å². The van der Waals surface area contributed by atoms with Crippen molar-refractivity contribution in [3.8, 4) is 0 Å². The van der Waals surface area contributed by atoms with Gasteiger partial charge in [-0.2, -0.15) is 4.98 Å². The van der Waals surface area contributed by atoms with E-state index in [-0.39, 0.29) is 5.41 Å². The third-order valence-corrected chi connectivity index (χ3v) is 6.02. The molecular formula is C18H28N4O3. The molecule has 3 fully saturated rings. The molecule has 25 heavy (non-hydrogen) atoms. The molecule has 7 heteroatoms. The summed E-state index contributed by atoms with van der Waals surface area (Å²) in [6.07, 6.45) is 5.80. The van der Waals surface area contributed by atoms with E-state index >= 15 is 0 Å². The Hall–Kier alpha value is -1.47. The van der Waals surface area contributed by atoms with Gasteiger partial charge in [0, 0.05) is 38.8 Å². The van der Waals surface area contributed by atoms with E-state index in [1.807, 2.05) is 6.92 Å². The van der Waals surface area contributed by atoms with Crippen molar-refractivity contribution in [1.82, 2.24) is 19.9 Å². The second-order valence-electron chi connectivity index (χ2n) is 7.64. The van der Waals surface area contributed by atoms with Gasteiger partial charge in [0.15, 0.2) is 5.82 Å². The Bertz CT molecular complexity index is 613. The van der Waals surface area contributed by atoms with Gasteiger partial charge in [-0.3, -0.25) is 9.69 Å². The van der Waals surface area contributed by atoms with Gasteiger partial charge in [0.1, 0.15) is 0 Å². The Balaban J connectivity index is 1.41. The van der Waals surface area contributed by atoms with Gasteiger partial charge in [-0.25, -0.2) is 0 Å². The standard InChI is InChI=1S/C18H28N4O3/c1-2-15-19-16(25-20-15)12-21-9-7-18(13-21)6-3-8-22(17(18)23)14-4-10-24-11-5-14/h14H,2-13H2,1H3. The zero-order valence-corrected chi connectivity index (χ0v) is 15.1. The molecule has 0 aliphatic carbocycles. The van der Waals surface area contributed by atoms with Crippen LogP contribution < -0.4 is 0 Å². The Morgan fingerprint density at radius 3 is 2.84 bits per heavy atom. The van der Waals surface area contributed by atoms with Gasteiger partial charge in [0.2, 0.25) is 11.8 Å². The molecule has 3 aliphatic heterocycles. The van der Waals surface area contributed by atoms with Crippen LogP contribution in [0, 0.1) is 5.41 Å². The van der Waals surface area contributed by atoms with Crippen molar-refractivity contribution in [2.75, 3.05) is 32.8 Å². The first kappa shape index (κ1) is 17.0. The van der Waals surface area contributed by atoms with Crippen molar-refractivity contribution < 1.29 is 14.1 Å². The maximum absolute atomic E-state index is 13.3. The molecule has 4 heterocycles. The van der Waals surface area contributed by atoms with Crippen LogP contribution in [0.1, 0.15) is 50.7 Å². The predicted molar refractivity (Wildman–Crippen MR) is 90.8 cm³/mol. The molecule has 138 valence electrons. The van der Waals surface area contributed by atoms with E-state index in [2.05, 4.69) is 19.9 Å². The van der Waals surface area contributed by atoms with Gasteiger partial charge in [0.05, 0.1) is 12.0 Å². The van der Waals surface area contributed by atoms with E-state index in [4.69, 9.17) is 9.26 Å². The first-order valence-corrected chi connectivity index (χ1v) is 9.63. The maximum Gasteiger partial charge on any atom is 0.240 e. The number of rotatable bonds is 4. The number of carbonyl (C=O) groups is 1. The van der Waals surface area contributed by atoms with Gasteiger partial charge in [-0.05, 0) is 38.6 Å². The summed E-state index contributed by atoms with van der Waals surface area (Å²) in [5.41, 5.74) is -0.204. The average molecular weight is 348 g/mol. The van der Waals surface area contributed by atoms with Gasteiger partial charge in [0.25, 0.3) is 0 Å². The highest BCUT2D eigenvalue weighted by atomic mass is 16.5. The van der Waals surface area contributed by atoms with Gasteiger partial charge < -0.3 is 14.2 Å². The quantitative estimate of drug-likeness (QED) is 0.823. The lowest BCUT2D eigenvalue weighted by molar-refractivity contribution is -0.150. The Morgan fingerprint density at radius 1 is 1.24 bits per heavy atom. The highest BCUT2D eigenvalue weighted by molar-refractivity contribution is 5.84. The molecule has 3 saturated heterocycles. The minimum Gasteiger partial charge on any atom is -0.381 e. The van der Waals surface area contributed by atoms with Crippen LogP contribution in [0.5, 0.6) is 0 Å². The maximum atomic E-state index is 13.3. The molecule has 0 bridgehead atoms. The summed E-state index contributed by atoms with van der Waals surface area (Å²) in [4.78, 5) is 22.2. The molecule has 1 aromatic rings. The van der Waals surface area contributed by atoms with E-state index in [0.29, 0.717) is 24.4 Å². The summed E-state index contributed by atoms with van der Waals surface area (Å²) in [5.74, 6) is 1.79. The number of carbonyl (C=O) groups excluding carboxylic acids is 1. The Morgan fingerprint density at radius 2 is 2.08 bits per heavy atom. The molecule has 1 amide bonds. The summed E-state index contributed by atoms with van der Waals surface area (Å²) in [7, 11) is 0. The van der Waals surface area contributed by atoms with Crippen LogP contribution in [-0.2, 0) is 22.5 Å². The van der Waals surface area contributed by atoms with E-state index in [1.54, 1.807) is 0 Å². The number of amides is 1. The third kappa shape index (κ3) is 3.31. The van der Waals surface area contributed by atoms with Gasteiger partial charge in [-0.1, -0.05) is 12.1 Å². The van der Waals surface area contributed by atoms with E-state index < -0.39 is 0 Å². The topological polar surface area (TPSA) is 71.7 Å². The summed E-state index contributed by atoms with van der Waals surface area (Å²) in [6.45, 7) is 6.89. The number of likely N-dealkylation sites (tertiary alicyclic amines) is 2. The molecule has 1 atom stereocenters. The number of aromatic nitrogens is 2. The van der Waals surface area contributed by atoms with Crippen LogP contribution in [0.2, 0.25) is 0 Å². The molecule has 1 unspecified atom stereocenters. The average Bonchev–Trinajstić information content (AvgIpc) is 3.26. The fourth-order valence-corrected chi connectivity index (χ4v) is 4.61. The zero-order chi connectivity index (χ0) is 17.3. The van der Waals surface area contributed by atoms with Crippen LogP contribution in [0.3, 0.4) is 0 Å². The molecule has 4 rings (SSSR count). The third-order valence-electron chi connectivity index (χ3n) is 6.02. The van der Waals surface area contributed by atoms with Crippen LogP contribution >= 0.6 is 0 Å². The number of hydrogen-bond donors (Lipinski definition) is 0. The molecule has 0 saturated carbocycles. The van der Waals surface area contributed by atoms with Crippen LogP contribution in [-0.4, -0.2) is 64.7 Å². The molecule has 0 N–H and O–H groups in total. The van der Waals surface area contributed by atoms with Crippen molar-refractivity contribution in [2.45, 2.75) is 58.0 Å². The molecule has 0 aromatic carbocycles. The van der Waals surface area contributed by atoms with E-state index in [9.17, 15) is 4.79 Å². The second-order valence-corrected chi connectivity index (χ2v) is 7.64. The van der Waals surface area contributed by atoms with Crippen molar-refractivity contribution in [3.05, 3.63) is 11.7 Å². The number of piperidine rings is 1. The number of ether oxygens (including phenoxy) is 1. The first-order chi connectivity index (χ1) is 12.2. The monoisotopic (exact) mass is 348 g/mol. The first-order valence-electron chi connectivity index (χ1n) is 9.63. The van der Waals surface area contributed by atoms with E-state index in [1.165, 1.54) is 0 Å². The molecule has 7 nitrogen and oxygen atoms in total. The smallest absolute Gasteiger partial charge is 0.240 e. The number of aryl methyl sites for hydroxylation is 1. The molecule has 1 spiro atoms. The van der Waals surface area contributed by atoms with Crippen molar-refractivity contribution in [1.29, 1.82) is 0 Å². The summed E-state index contributed by atoms with van der Waals surface area (Å²) < 4.78 is 10.8. The minimum absolute atomic E-state index is 0.204. The largest absolute Gasteiger partial charge is 0.381 e. The second kappa shape index (κ2) is 7.03. The fraction of sp³-hybridized carbons (Fsp3) is 0.833. The molecule has 0 radical (unpaired) electrons. The van der Waals surface area contributed by atoms with Crippen molar-refractivity contribution >= 4 is 5.91 Å². The molecule has 3 aliphatic rings. The van der Waals surface area contributed by atoms with Crippen molar-refractivity contribution in [3.63, 3.8) is 0 Å². The number of hydrogen-bond acceptors (Lipinski definition) is 6.